The minimum absolute atomic E-state index is 0.155. The number of hydrogen-bond donors (Lipinski definition) is 1. The molecule has 3 heterocycles. The normalized spacial score (nSPS) is 17.7. The molecule has 1 aromatic heterocycles. The SMILES string of the molecule is C=C(/C=C\c1c(N)cccc1Cl)N1CC(c2nccnc2N2CCC(C#N)CC2)C1. The summed E-state index contributed by atoms with van der Waals surface area (Å²) in [4.78, 5) is 13.8. The fourth-order valence-corrected chi connectivity index (χ4v) is 4.24. The van der Waals surface area contributed by atoms with Crippen molar-refractivity contribution in [1.29, 1.82) is 5.26 Å². The lowest BCUT2D eigenvalue weighted by Gasteiger charge is -2.42. The van der Waals surface area contributed by atoms with E-state index in [1.165, 1.54) is 0 Å². The first-order chi connectivity index (χ1) is 14.6. The van der Waals surface area contributed by atoms with Gasteiger partial charge in [0.2, 0.25) is 0 Å². The molecule has 2 fully saturated rings. The van der Waals surface area contributed by atoms with Crippen LogP contribution in [0.2, 0.25) is 5.02 Å². The summed E-state index contributed by atoms with van der Waals surface area (Å²) in [7, 11) is 0. The molecule has 2 aliphatic heterocycles. The molecule has 2 saturated heterocycles. The number of piperidine rings is 1. The van der Waals surface area contributed by atoms with Gasteiger partial charge in [-0.3, -0.25) is 4.98 Å². The van der Waals surface area contributed by atoms with Gasteiger partial charge in [-0.05, 0) is 37.1 Å². The number of nitrogens with two attached hydrogens (primary N) is 1. The Kier molecular flexibility index (Phi) is 5.91. The Morgan fingerprint density at radius 3 is 2.67 bits per heavy atom. The first-order valence-electron chi connectivity index (χ1n) is 10.2. The smallest absolute Gasteiger partial charge is 0.150 e. The Bertz CT molecular complexity index is 977. The second-order valence-electron chi connectivity index (χ2n) is 7.82. The summed E-state index contributed by atoms with van der Waals surface area (Å²) in [6, 6.07) is 7.89. The number of halogens is 1. The van der Waals surface area contributed by atoms with Crippen molar-refractivity contribution in [3.05, 3.63) is 65.2 Å². The lowest BCUT2D eigenvalue weighted by Crippen LogP contribution is -2.45. The molecular formula is C23H25ClN6. The average Bonchev–Trinajstić information content (AvgIpc) is 2.73. The maximum Gasteiger partial charge on any atom is 0.150 e. The number of rotatable bonds is 5. The van der Waals surface area contributed by atoms with E-state index in [1.807, 2.05) is 30.4 Å². The Balaban J connectivity index is 1.40. The van der Waals surface area contributed by atoms with Crippen LogP contribution in [0.25, 0.3) is 6.08 Å². The van der Waals surface area contributed by atoms with Crippen LogP contribution >= 0.6 is 11.6 Å². The predicted molar refractivity (Wildman–Crippen MR) is 121 cm³/mol. The lowest BCUT2D eigenvalue weighted by atomic mass is 9.93. The lowest BCUT2D eigenvalue weighted by molar-refractivity contribution is 0.203. The number of aromatic nitrogens is 2. The van der Waals surface area contributed by atoms with Gasteiger partial charge in [0.05, 0.1) is 11.8 Å². The molecule has 0 unspecified atom stereocenters. The summed E-state index contributed by atoms with van der Waals surface area (Å²) in [6.45, 7) is 7.60. The topological polar surface area (TPSA) is 82.1 Å². The van der Waals surface area contributed by atoms with Crippen LogP contribution in [-0.4, -0.2) is 41.0 Å². The van der Waals surface area contributed by atoms with Gasteiger partial charge in [0.15, 0.2) is 5.82 Å². The third-order valence-corrected chi connectivity index (χ3v) is 6.22. The third-order valence-electron chi connectivity index (χ3n) is 5.89. The molecule has 0 aliphatic carbocycles. The summed E-state index contributed by atoms with van der Waals surface area (Å²) >= 11 is 6.24. The molecule has 2 aliphatic rings. The Morgan fingerprint density at radius 1 is 1.23 bits per heavy atom. The molecule has 154 valence electrons. The maximum atomic E-state index is 9.14. The van der Waals surface area contributed by atoms with Crippen LogP contribution in [0.15, 0.2) is 48.9 Å². The van der Waals surface area contributed by atoms with Crippen molar-refractivity contribution >= 4 is 29.2 Å². The van der Waals surface area contributed by atoms with E-state index in [0.29, 0.717) is 16.6 Å². The van der Waals surface area contributed by atoms with E-state index in [1.54, 1.807) is 12.4 Å². The fraction of sp³-hybridized carbons (Fsp3) is 0.348. The van der Waals surface area contributed by atoms with Gasteiger partial charge >= 0.3 is 0 Å². The number of likely N-dealkylation sites (tertiary alicyclic amines) is 1. The second kappa shape index (κ2) is 8.76. The van der Waals surface area contributed by atoms with Crippen LogP contribution in [0.5, 0.6) is 0 Å². The van der Waals surface area contributed by atoms with Crippen LogP contribution in [0, 0.1) is 17.2 Å². The first kappa shape index (κ1) is 20.2. The highest BCUT2D eigenvalue weighted by atomic mass is 35.5. The van der Waals surface area contributed by atoms with Crippen molar-refractivity contribution in [3.63, 3.8) is 0 Å². The van der Waals surface area contributed by atoms with Gasteiger partial charge in [-0.25, -0.2) is 4.98 Å². The zero-order valence-electron chi connectivity index (χ0n) is 16.8. The molecule has 4 rings (SSSR count). The van der Waals surface area contributed by atoms with Gasteiger partial charge in [0, 0.05) is 72.4 Å². The number of nitrogens with zero attached hydrogens (tertiary/aromatic N) is 5. The molecule has 0 bridgehead atoms. The highest BCUT2D eigenvalue weighted by Gasteiger charge is 2.33. The monoisotopic (exact) mass is 420 g/mol. The van der Waals surface area contributed by atoms with Gasteiger partial charge in [0.25, 0.3) is 0 Å². The van der Waals surface area contributed by atoms with Gasteiger partial charge in [-0.1, -0.05) is 24.2 Å². The Labute approximate surface area is 182 Å². The van der Waals surface area contributed by atoms with E-state index in [9.17, 15) is 0 Å². The van der Waals surface area contributed by atoms with E-state index < -0.39 is 0 Å². The first-order valence-corrected chi connectivity index (χ1v) is 10.6. The number of anilines is 2. The molecule has 2 aromatic rings. The number of nitriles is 1. The highest BCUT2D eigenvalue weighted by Crippen LogP contribution is 2.35. The molecule has 0 spiro atoms. The van der Waals surface area contributed by atoms with E-state index in [-0.39, 0.29) is 5.92 Å². The molecule has 0 amide bonds. The summed E-state index contributed by atoms with van der Waals surface area (Å²) < 4.78 is 0. The van der Waals surface area contributed by atoms with E-state index in [4.69, 9.17) is 22.6 Å². The zero-order valence-corrected chi connectivity index (χ0v) is 17.6. The van der Waals surface area contributed by atoms with E-state index >= 15 is 0 Å². The molecule has 2 N–H and O–H groups in total. The number of allylic oxidation sites excluding steroid dienone is 1. The quantitative estimate of drug-likeness (QED) is 0.579. The maximum absolute atomic E-state index is 9.14. The van der Waals surface area contributed by atoms with Gasteiger partial charge < -0.3 is 15.5 Å². The Morgan fingerprint density at radius 2 is 1.97 bits per heavy atom. The summed E-state index contributed by atoms with van der Waals surface area (Å²) in [6.07, 6.45) is 9.16. The van der Waals surface area contributed by atoms with Crippen LogP contribution in [-0.2, 0) is 0 Å². The summed E-state index contributed by atoms with van der Waals surface area (Å²) in [5.74, 6) is 1.43. The minimum Gasteiger partial charge on any atom is -0.398 e. The molecule has 7 heteroatoms. The molecule has 1 aromatic carbocycles. The van der Waals surface area contributed by atoms with Crippen LogP contribution in [0.4, 0.5) is 11.5 Å². The van der Waals surface area contributed by atoms with Gasteiger partial charge in [0.1, 0.15) is 0 Å². The van der Waals surface area contributed by atoms with Crippen LogP contribution in [0.1, 0.15) is 30.0 Å². The summed E-state index contributed by atoms with van der Waals surface area (Å²) in [5, 5.41) is 9.77. The van der Waals surface area contributed by atoms with E-state index in [0.717, 1.165) is 61.8 Å². The van der Waals surface area contributed by atoms with Crippen molar-refractivity contribution in [3.8, 4) is 6.07 Å². The standard InChI is InChI=1S/C23H25ClN6/c1-16(5-6-19-20(24)3-2-4-21(19)26)30-14-18(15-30)22-23(28-10-9-27-22)29-11-7-17(13-25)8-12-29/h2-6,9-10,17-18H,1,7-8,11-12,14-15,26H2/b6-5-. The van der Waals surface area contributed by atoms with Crippen molar-refractivity contribution in [2.24, 2.45) is 5.92 Å². The number of benzene rings is 1. The van der Waals surface area contributed by atoms with E-state index in [2.05, 4.69) is 32.4 Å². The predicted octanol–water partition coefficient (Wildman–Crippen LogP) is 4.08. The molecule has 0 saturated carbocycles. The molecule has 30 heavy (non-hydrogen) atoms. The number of hydrogen-bond acceptors (Lipinski definition) is 6. The van der Waals surface area contributed by atoms with Gasteiger partial charge in [-0.15, -0.1) is 0 Å². The molecule has 0 radical (unpaired) electrons. The molecule has 0 atom stereocenters. The molecule has 6 nitrogen and oxygen atoms in total. The van der Waals surface area contributed by atoms with Crippen molar-refractivity contribution in [1.82, 2.24) is 14.9 Å². The van der Waals surface area contributed by atoms with Crippen molar-refractivity contribution in [2.75, 3.05) is 36.8 Å². The van der Waals surface area contributed by atoms with Gasteiger partial charge in [-0.2, -0.15) is 5.26 Å². The van der Waals surface area contributed by atoms with Crippen LogP contribution < -0.4 is 10.6 Å². The number of nitrogen functional groups attached to an aromatic ring is 1. The second-order valence-corrected chi connectivity index (χ2v) is 8.23. The molecular weight excluding hydrogens is 396 g/mol. The third kappa shape index (κ3) is 4.12. The van der Waals surface area contributed by atoms with Crippen molar-refractivity contribution in [2.45, 2.75) is 18.8 Å². The Hall–Kier alpha value is -3.04. The van der Waals surface area contributed by atoms with Crippen molar-refractivity contribution < 1.29 is 0 Å². The largest absolute Gasteiger partial charge is 0.398 e. The highest BCUT2D eigenvalue weighted by molar-refractivity contribution is 6.32. The summed E-state index contributed by atoms with van der Waals surface area (Å²) in [5.41, 5.74) is 9.44. The minimum atomic E-state index is 0.155. The fourth-order valence-electron chi connectivity index (χ4n) is 3.99. The van der Waals surface area contributed by atoms with Crippen LogP contribution in [0.3, 0.4) is 0 Å². The zero-order chi connectivity index (χ0) is 21.1. The average molecular weight is 421 g/mol.